The van der Waals surface area contributed by atoms with Gasteiger partial charge in [0.05, 0.1) is 13.0 Å². The summed E-state index contributed by atoms with van der Waals surface area (Å²) >= 11 is 0. The van der Waals surface area contributed by atoms with Crippen LogP contribution < -0.4 is 25.4 Å². The molecule has 1 unspecified atom stereocenters. The zero-order valence-electron chi connectivity index (χ0n) is 14.4. The largest absolute Gasteiger partial charge is 0.502 e. The highest BCUT2D eigenvalue weighted by molar-refractivity contribution is 5.75. The molecule has 26 heavy (non-hydrogen) atoms. The number of hydrogen-bond donors (Lipinski definition) is 2. The number of ether oxygens (including phenoxy) is 3. The van der Waals surface area contributed by atoms with Gasteiger partial charge in [-0.05, 0) is 24.6 Å². The van der Waals surface area contributed by atoms with Crippen LogP contribution in [0.3, 0.4) is 0 Å². The molecule has 0 aliphatic carbocycles. The van der Waals surface area contributed by atoms with Gasteiger partial charge in [0.25, 0.3) is 0 Å². The molecule has 138 valence electrons. The second-order valence-corrected chi connectivity index (χ2v) is 5.90. The molecular formula is C18H19NO7. The number of fused-ring (bicyclic) bond motifs is 1. The van der Waals surface area contributed by atoms with Gasteiger partial charge in [-0.1, -0.05) is 0 Å². The van der Waals surface area contributed by atoms with Gasteiger partial charge >= 0.3 is 0 Å². The van der Waals surface area contributed by atoms with E-state index in [1.807, 2.05) is 0 Å². The smallest absolute Gasteiger partial charge is 0.227 e. The normalized spacial score (nSPS) is 13.9. The van der Waals surface area contributed by atoms with Gasteiger partial charge in [0.2, 0.25) is 22.8 Å². The zero-order chi connectivity index (χ0) is 18.8. The fourth-order valence-corrected chi connectivity index (χ4v) is 2.92. The SMILES string of the molecule is COc1cc(C(CC(N)=O)c2oc(C)cc(=O)c2O)cc2c1OCCO2. The van der Waals surface area contributed by atoms with Crippen molar-refractivity contribution in [2.45, 2.75) is 19.3 Å². The summed E-state index contributed by atoms with van der Waals surface area (Å²) < 4.78 is 22.1. The second-order valence-electron chi connectivity index (χ2n) is 5.90. The first-order chi connectivity index (χ1) is 12.4. The molecule has 0 spiro atoms. The molecule has 8 nitrogen and oxygen atoms in total. The average molecular weight is 361 g/mol. The van der Waals surface area contributed by atoms with Crippen molar-refractivity contribution in [3.8, 4) is 23.0 Å². The lowest BCUT2D eigenvalue weighted by atomic mass is 9.91. The summed E-state index contributed by atoms with van der Waals surface area (Å²) in [6, 6.07) is 4.47. The molecule has 3 rings (SSSR count). The quantitative estimate of drug-likeness (QED) is 0.826. The molecule has 2 heterocycles. The molecule has 1 atom stereocenters. The Hall–Kier alpha value is -3.16. The van der Waals surface area contributed by atoms with Gasteiger partial charge in [0.15, 0.2) is 17.3 Å². The zero-order valence-corrected chi connectivity index (χ0v) is 14.4. The number of carbonyl (C=O) groups excluding carboxylic acids is 1. The van der Waals surface area contributed by atoms with E-state index in [4.69, 9.17) is 24.4 Å². The lowest BCUT2D eigenvalue weighted by Gasteiger charge is -2.24. The van der Waals surface area contributed by atoms with Gasteiger partial charge in [-0.3, -0.25) is 9.59 Å². The third kappa shape index (κ3) is 3.30. The first kappa shape index (κ1) is 17.7. The van der Waals surface area contributed by atoms with Gasteiger partial charge < -0.3 is 29.5 Å². The molecule has 3 N–H and O–H groups in total. The molecule has 8 heteroatoms. The standard InChI is InChI=1S/C18H19NO7/c1-9-5-12(20)16(22)17(26-9)11(8-15(19)21)10-6-13(23-2)18-14(7-10)24-3-4-25-18/h5-7,11,22H,3-4,8H2,1-2H3,(H2,19,21). The van der Waals surface area contributed by atoms with Crippen LogP contribution in [0, 0.1) is 6.92 Å². The van der Waals surface area contributed by atoms with Crippen molar-refractivity contribution in [1.29, 1.82) is 0 Å². The molecule has 0 saturated carbocycles. The third-order valence-electron chi connectivity index (χ3n) is 4.05. The van der Waals surface area contributed by atoms with Crippen molar-refractivity contribution in [3.63, 3.8) is 0 Å². The Morgan fingerprint density at radius 2 is 2.04 bits per heavy atom. The Balaban J connectivity index is 2.18. The van der Waals surface area contributed by atoms with E-state index in [-0.39, 0.29) is 12.2 Å². The summed E-state index contributed by atoms with van der Waals surface area (Å²) in [6.07, 6.45) is -0.178. The minimum atomic E-state index is -0.787. The van der Waals surface area contributed by atoms with Crippen molar-refractivity contribution in [3.05, 3.63) is 45.5 Å². The van der Waals surface area contributed by atoms with E-state index in [1.54, 1.807) is 19.1 Å². The van der Waals surface area contributed by atoms with Crippen LogP contribution in [0.15, 0.2) is 27.4 Å². The van der Waals surface area contributed by atoms with Gasteiger partial charge in [0, 0.05) is 12.5 Å². The number of aryl methyl sites for hydroxylation is 1. The molecule has 0 radical (unpaired) electrons. The number of primary amides is 1. The number of methoxy groups -OCH3 is 1. The Morgan fingerprint density at radius 1 is 1.31 bits per heavy atom. The summed E-state index contributed by atoms with van der Waals surface area (Å²) in [5.74, 6) is -0.395. The number of rotatable bonds is 5. The van der Waals surface area contributed by atoms with E-state index in [0.29, 0.717) is 41.8 Å². The Bertz CT molecular complexity index is 886. The minimum absolute atomic E-state index is 0.0347. The molecule has 1 aliphatic rings. The van der Waals surface area contributed by atoms with Crippen LogP contribution in [-0.4, -0.2) is 31.3 Å². The molecule has 1 amide bonds. The van der Waals surface area contributed by atoms with Crippen molar-refractivity contribution in [2.75, 3.05) is 20.3 Å². The Kier molecular flexibility index (Phi) is 4.75. The van der Waals surface area contributed by atoms with E-state index in [2.05, 4.69) is 0 Å². The Labute approximate surface area is 149 Å². The lowest BCUT2D eigenvalue weighted by molar-refractivity contribution is -0.118. The summed E-state index contributed by atoms with van der Waals surface area (Å²) in [4.78, 5) is 23.6. The van der Waals surface area contributed by atoms with Gasteiger partial charge in [0.1, 0.15) is 19.0 Å². The molecule has 2 aromatic rings. The van der Waals surface area contributed by atoms with E-state index < -0.39 is 23.0 Å². The maximum atomic E-state index is 11.9. The molecule has 0 fully saturated rings. The van der Waals surface area contributed by atoms with Crippen molar-refractivity contribution in [2.24, 2.45) is 5.73 Å². The highest BCUT2D eigenvalue weighted by Crippen LogP contribution is 2.44. The predicted octanol–water partition coefficient (Wildman–Crippen LogP) is 1.44. The summed E-state index contributed by atoms with van der Waals surface area (Å²) in [7, 11) is 1.48. The number of aromatic hydroxyl groups is 1. The average Bonchev–Trinajstić information content (AvgIpc) is 2.61. The van der Waals surface area contributed by atoms with Crippen molar-refractivity contribution < 1.29 is 28.5 Å². The van der Waals surface area contributed by atoms with Gasteiger partial charge in [-0.2, -0.15) is 0 Å². The lowest BCUT2D eigenvalue weighted by Crippen LogP contribution is -2.19. The van der Waals surface area contributed by atoms with Crippen molar-refractivity contribution >= 4 is 5.91 Å². The van der Waals surface area contributed by atoms with E-state index >= 15 is 0 Å². The van der Waals surface area contributed by atoms with Crippen molar-refractivity contribution in [1.82, 2.24) is 0 Å². The maximum absolute atomic E-state index is 11.9. The molecule has 1 aromatic carbocycles. The van der Waals surface area contributed by atoms with E-state index in [9.17, 15) is 14.7 Å². The van der Waals surface area contributed by atoms with E-state index in [0.717, 1.165) is 0 Å². The summed E-state index contributed by atoms with van der Waals surface area (Å²) in [5, 5.41) is 10.2. The molecule has 1 aromatic heterocycles. The first-order valence-electron chi connectivity index (χ1n) is 8.00. The molecule has 0 bridgehead atoms. The van der Waals surface area contributed by atoms with E-state index in [1.165, 1.54) is 13.2 Å². The van der Waals surface area contributed by atoms with Crippen LogP contribution in [0.2, 0.25) is 0 Å². The monoisotopic (exact) mass is 361 g/mol. The topological polar surface area (TPSA) is 121 Å². The highest BCUT2D eigenvalue weighted by Gasteiger charge is 2.28. The van der Waals surface area contributed by atoms with Crippen LogP contribution in [0.25, 0.3) is 0 Å². The fourth-order valence-electron chi connectivity index (χ4n) is 2.92. The first-order valence-corrected chi connectivity index (χ1v) is 8.00. The number of benzene rings is 1. The van der Waals surface area contributed by atoms with Crippen LogP contribution in [-0.2, 0) is 4.79 Å². The second kappa shape index (κ2) is 6.99. The third-order valence-corrected chi connectivity index (χ3v) is 4.05. The number of amides is 1. The van der Waals surface area contributed by atoms with Crippen LogP contribution in [0.5, 0.6) is 23.0 Å². The number of carbonyl (C=O) groups is 1. The fraction of sp³-hybridized carbons (Fsp3) is 0.333. The molecular weight excluding hydrogens is 342 g/mol. The maximum Gasteiger partial charge on any atom is 0.227 e. The summed E-state index contributed by atoms with van der Waals surface area (Å²) in [6.45, 7) is 2.34. The molecule has 1 aliphatic heterocycles. The highest BCUT2D eigenvalue weighted by atomic mass is 16.6. The minimum Gasteiger partial charge on any atom is -0.502 e. The summed E-state index contributed by atoms with van der Waals surface area (Å²) in [5.41, 5.74) is 5.32. The number of nitrogens with two attached hydrogens (primary N) is 1. The van der Waals surface area contributed by atoms with Crippen LogP contribution >= 0.6 is 0 Å². The van der Waals surface area contributed by atoms with Crippen LogP contribution in [0.4, 0.5) is 0 Å². The predicted molar refractivity (Wildman–Crippen MR) is 91.0 cm³/mol. The number of hydrogen-bond acceptors (Lipinski definition) is 7. The molecule has 0 saturated heterocycles. The Morgan fingerprint density at radius 3 is 2.73 bits per heavy atom. The van der Waals surface area contributed by atoms with Gasteiger partial charge in [-0.25, -0.2) is 0 Å². The van der Waals surface area contributed by atoms with Gasteiger partial charge in [-0.15, -0.1) is 0 Å². The van der Waals surface area contributed by atoms with Crippen LogP contribution in [0.1, 0.15) is 29.4 Å².